The summed E-state index contributed by atoms with van der Waals surface area (Å²) in [6.45, 7) is 0. The molecule has 0 radical (unpaired) electrons. The van der Waals surface area contributed by atoms with Crippen LogP contribution in [-0.4, -0.2) is 30.0 Å². The highest BCUT2D eigenvalue weighted by molar-refractivity contribution is 7.12. The molecular formula is C22H22F3N3OS. The smallest absolute Gasteiger partial charge is 0.371 e. The molecule has 2 aromatic heterocycles. The molecule has 1 aromatic carbocycles. The minimum Gasteiger partial charge on any atom is -0.371 e. The summed E-state index contributed by atoms with van der Waals surface area (Å²) in [5, 5.41) is 5.65. The molecule has 4 nitrogen and oxygen atoms in total. The van der Waals surface area contributed by atoms with E-state index in [9.17, 15) is 18.0 Å². The molecule has 0 bridgehead atoms. The summed E-state index contributed by atoms with van der Waals surface area (Å²) in [6, 6.07) is 11.9. The average molecular weight is 433 g/mol. The van der Waals surface area contributed by atoms with Crippen molar-refractivity contribution in [2.75, 3.05) is 11.9 Å². The van der Waals surface area contributed by atoms with E-state index >= 15 is 0 Å². The second-order valence-electron chi connectivity index (χ2n) is 7.61. The van der Waals surface area contributed by atoms with Gasteiger partial charge in [0.1, 0.15) is 5.69 Å². The van der Waals surface area contributed by atoms with E-state index in [2.05, 4.69) is 10.3 Å². The zero-order valence-corrected chi connectivity index (χ0v) is 17.3. The number of nitrogens with one attached hydrogen (secondary N) is 1. The number of pyridine rings is 1. The molecule has 0 aliphatic heterocycles. The summed E-state index contributed by atoms with van der Waals surface area (Å²) in [6.07, 6.45) is -1.32. The molecule has 2 heterocycles. The van der Waals surface area contributed by atoms with Crippen LogP contribution < -0.4 is 10.2 Å². The summed E-state index contributed by atoms with van der Waals surface area (Å²) in [7, 11) is 1.84. The Labute approximate surface area is 176 Å². The maximum absolute atomic E-state index is 13.4. The molecule has 1 amide bonds. The van der Waals surface area contributed by atoms with Gasteiger partial charge in [0.05, 0.1) is 10.4 Å². The lowest BCUT2D eigenvalue weighted by Crippen LogP contribution is -2.42. The van der Waals surface area contributed by atoms with Crippen molar-refractivity contribution in [3.05, 3.63) is 58.4 Å². The summed E-state index contributed by atoms with van der Waals surface area (Å²) >= 11 is 1.41. The van der Waals surface area contributed by atoms with Crippen molar-refractivity contribution >= 4 is 33.8 Å². The summed E-state index contributed by atoms with van der Waals surface area (Å²) < 4.78 is 40.1. The molecule has 1 fully saturated rings. The van der Waals surface area contributed by atoms with Crippen LogP contribution in [-0.2, 0) is 6.18 Å². The summed E-state index contributed by atoms with van der Waals surface area (Å²) in [5.74, 6) is -0.0586. The number of nitrogens with zero attached hydrogens (tertiary/aromatic N) is 2. The number of rotatable bonds is 4. The van der Waals surface area contributed by atoms with Crippen LogP contribution in [0.25, 0.3) is 10.9 Å². The highest BCUT2D eigenvalue weighted by Crippen LogP contribution is 2.36. The van der Waals surface area contributed by atoms with Gasteiger partial charge in [-0.2, -0.15) is 13.2 Å². The minimum absolute atomic E-state index is 0.0586. The number of anilines is 1. The zero-order chi connectivity index (χ0) is 21.3. The molecule has 1 saturated carbocycles. The predicted molar refractivity (Wildman–Crippen MR) is 113 cm³/mol. The number of carbonyl (C=O) groups excluding carboxylic acids is 1. The van der Waals surface area contributed by atoms with Gasteiger partial charge in [0.15, 0.2) is 0 Å². The molecule has 30 heavy (non-hydrogen) atoms. The molecule has 1 aliphatic rings. The van der Waals surface area contributed by atoms with Crippen LogP contribution in [0.1, 0.15) is 41.0 Å². The molecule has 1 aliphatic carbocycles. The van der Waals surface area contributed by atoms with Gasteiger partial charge in [-0.15, -0.1) is 11.3 Å². The van der Waals surface area contributed by atoms with Crippen LogP contribution in [0.2, 0.25) is 0 Å². The number of benzene rings is 1. The Morgan fingerprint density at radius 1 is 1.13 bits per heavy atom. The third-order valence-electron chi connectivity index (χ3n) is 5.69. The van der Waals surface area contributed by atoms with Gasteiger partial charge in [0.25, 0.3) is 5.91 Å². The highest BCUT2D eigenvalue weighted by Gasteiger charge is 2.34. The van der Waals surface area contributed by atoms with Crippen LogP contribution in [0.4, 0.5) is 18.9 Å². The largest absolute Gasteiger partial charge is 0.433 e. The second kappa shape index (κ2) is 8.26. The lowest BCUT2D eigenvalue weighted by Gasteiger charge is -2.36. The van der Waals surface area contributed by atoms with Crippen LogP contribution in [0.15, 0.2) is 47.8 Å². The number of amides is 1. The molecule has 158 valence electrons. The van der Waals surface area contributed by atoms with Gasteiger partial charge in [-0.3, -0.25) is 4.79 Å². The molecular weight excluding hydrogens is 411 g/mol. The van der Waals surface area contributed by atoms with Gasteiger partial charge >= 0.3 is 6.18 Å². The molecule has 0 unspecified atom stereocenters. The van der Waals surface area contributed by atoms with Crippen molar-refractivity contribution in [2.24, 2.45) is 0 Å². The molecule has 0 atom stereocenters. The van der Waals surface area contributed by atoms with E-state index in [-0.39, 0.29) is 18.0 Å². The Balaban J connectivity index is 1.49. The quantitative estimate of drug-likeness (QED) is 0.592. The third kappa shape index (κ3) is 4.28. The van der Waals surface area contributed by atoms with E-state index in [4.69, 9.17) is 0 Å². The van der Waals surface area contributed by atoms with Crippen molar-refractivity contribution in [3.63, 3.8) is 0 Å². The van der Waals surface area contributed by atoms with Gasteiger partial charge in [0.2, 0.25) is 0 Å². The van der Waals surface area contributed by atoms with Crippen molar-refractivity contribution in [2.45, 2.75) is 43.9 Å². The van der Waals surface area contributed by atoms with Crippen LogP contribution in [0, 0.1) is 0 Å². The van der Waals surface area contributed by atoms with E-state index in [1.165, 1.54) is 11.3 Å². The fraction of sp³-hybridized carbons (Fsp3) is 0.364. The molecule has 0 spiro atoms. The zero-order valence-electron chi connectivity index (χ0n) is 16.4. The van der Waals surface area contributed by atoms with E-state index in [0.717, 1.165) is 31.7 Å². The Hall–Kier alpha value is -2.61. The standard InChI is InChI=1S/C22H22F3N3OS/c1-28(15-10-8-14(9-11-15)26-21(29)19-7-4-12-30-19)18-13-20(22(23,24)25)27-17-6-3-2-5-16(17)18/h2-7,12-15H,8-11H2,1H3,(H,26,29)/t14-,15+. The minimum atomic E-state index is -4.50. The Morgan fingerprint density at radius 2 is 1.87 bits per heavy atom. The topological polar surface area (TPSA) is 45.2 Å². The lowest BCUT2D eigenvalue weighted by molar-refractivity contribution is -0.140. The lowest BCUT2D eigenvalue weighted by atomic mass is 9.89. The number of fused-ring (bicyclic) bond motifs is 1. The van der Waals surface area contributed by atoms with E-state index in [0.29, 0.717) is 21.5 Å². The number of carbonyl (C=O) groups is 1. The maximum atomic E-state index is 13.4. The van der Waals surface area contributed by atoms with Gasteiger partial charge < -0.3 is 10.2 Å². The fourth-order valence-corrected chi connectivity index (χ4v) is 4.69. The molecule has 3 aromatic rings. The molecule has 1 N–H and O–H groups in total. The number of alkyl halides is 3. The van der Waals surface area contributed by atoms with Crippen molar-refractivity contribution in [3.8, 4) is 0 Å². The van der Waals surface area contributed by atoms with Crippen molar-refractivity contribution in [1.29, 1.82) is 0 Å². The third-order valence-corrected chi connectivity index (χ3v) is 6.56. The SMILES string of the molecule is CN(c1cc(C(F)(F)F)nc2ccccc12)[C@H]1CC[C@@H](NC(=O)c2cccs2)CC1. The van der Waals surface area contributed by atoms with Crippen molar-refractivity contribution < 1.29 is 18.0 Å². The van der Waals surface area contributed by atoms with Crippen LogP contribution >= 0.6 is 11.3 Å². The Morgan fingerprint density at radius 3 is 2.53 bits per heavy atom. The second-order valence-corrected chi connectivity index (χ2v) is 8.56. The highest BCUT2D eigenvalue weighted by atomic mass is 32.1. The van der Waals surface area contributed by atoms with Gasteiger partial charge in [-0.1, -0.05) is 24.3 Å². The van der Waals surface area contributed by atoms with Crippen LogP contribution in [0.3, 0.4) is 0 Å². The van der Waals surface area contributed by atoms with Crippen molar-refractivity contribution in [1.82, 2.24) is 10.3 Å². The molecule has 0 saturated heterocycles. The number of thiophene rings is 1. The van der Waals surface area contributed by atoms with Crippen LogP contribution in [0.5, 0.6) is 0 Å². The number of aromatic nitrogens is 1. The first-order chi connectivity index (χ1) is 14.3. The predicted octanol–water partition coefficient (Wildman–Crippen LogP) is 5.49. The molecule has 4 rings (SSSR count). The average Bonchev–Trinajstić information content (AvgIpc) is 3.27. The first-order valence-corrected chi connectivity index (χ1v) is 10.7. The number of para-hydroxylation sites is 1. The first-order valence-electron chi connectivity index (χ1n) is 9.87. The maximum Gasteiger partial charge on any atom is 0.433 e. The summed E-state index contributed by atoms with van der Waals surface area (Å²) in [4.78, 5) is 18.7. The van der Waals surface area contributed by atoms with E-state index < -0.39 is 11.9 Å². The normalized spacial score (nSPS) is 19.6. The number of hydrogen-bond acceptors (Lipinski definition) is 4. The van der Waals surface area contributed by atoms with E-state index in [1.807, 2.05) is 29.5 Å². The van der Waals surface area contributed by atoms with E-state index in [1.54, 1.807) is 24.3 Å². The number of hydrogen-bond donors (Lipinski definition) is 1. The summed E-state index contributed by atoms with van der Waals surface area (Å²) in [5.41, 5.74) is 0.00464. The Bertz CT molecular complexity index is 1030. The first kappa shape index (κ1) is 20.7. The number of halogens is 3. The fourth-order valence-electron chi connectivity index (χ4n) is 4.06. The van der Waals surface area contributed by atoms with Gasteiger partial charge in [-0.25, -0.2) is 4.98 Å². The monoisotopic (exact) mass is 433 g/mol. The molecule has 8 heteroatoms. The Kier molecular flexibility index (Phi) is 5.69. The van der Waals surface area contributed by atoms with Gasteiger partial charge in [-0.05, 0) is 49.3 Å². The van der Waals surface area contributed by atoms with Gasteiger partial charge in [0, 0.05) is 30.2 Å².